The molecule has 0 aliphatic heterocycles. The Morgan fingerprint density at radius 3 is 1.00 bits per heavy atom. The summed E-state index contributed by atoms with van der Waals surface area (Å²) in [7, 11) is -5.84. The molecular formula is C34H41F3O5Ru2S. The van der Waals surface area contributed by atoms with Crippen LogP contribution in [0.4, 0.5) is 13.2 Å². The second-order valence-electron chi connectivity index (χ2n) is 10.2. The van der Waals surface area contributed by atoms with Gasteiger partial charge < -0.3 is 4.74 Å². The van der Waals surface area contributed by atoms with Gasteiger partial charge in [0, 0.05) is 51.8 Å². The van der Waals surface area contributed by atoms with Crippen molar-refractivity contribution in [2.24, 2.45) is 0 Å². The number of esters is 1. The number of rotatable bonds is 2. The van der Waals surface area contributed by atoms with Crippen LogP contribution in [-0.2, 0) is 58.6 Å². The standard InChI is InChI=1S/C13H10O2.2C10H15.CHF3O3S.2Ru/c14-13(11-7-3-1-4-8-11)15-12-9-5-2-6-10-12;2*1-6-7(2)9(4)10(5)8(6)3;2-1(3,4)8(5,6)7;;/h1-10H;2*1-5H3;(H,5,6,7);;. The van der Waals surface area contributed by atoms with Crippen molar-refractivity contribution < 1.29 is 74.6 Å². The van der Waals surface area contributed by atoms with E-state index in [1.165, 1.54) is 59.2 Å². The number of alkyl halides is 3. The Labute approximate surface area is 299 Å². The first-order valence-electron chi connectivity index (χ1n) is 13.5. The van der Waals surface area contributed by atoms with Gasteiger partial charge in [-0.1, -0.05) is 69.2 Å². The molecule has 0 aromatic carbocycles. The molecule has 4 fully saturated rings. The molecule has 250 valence electrons. The third-order valence-corrected chi connectivity index (χ3v) is 8.47. The van der Waals surface area contributed by atoms with Gasteiger partial charge in [-0.15, -0.1) is 0 Å². The Balaban J connectivity index is 0. The zero-order chi connectivity index (χ0) is 33.3. The van der Waals surface area contributed by atoms with E-state index in [-0.39, 0.29) is 44.9 Å². The molecule has 45 heavy (non-hydrogen) atoms. The quantitative estimate of drug-likeness (QED) is 0.132. The average Bonchev–Trinajstić information content (AvgIpc) is 3.23. The number of hydrogen-bond donors (Lipinski definition) is 1. The molecule has 0 unspecified atom stereocenters. The van der Waals surface area contributed by atoms with Crippen molar-refractivity contribution in [2.75, 3.05) is 0 Å². The van der Waals surface area contributed by atoms with Gasteiger partial charge in [-0.05, 0) is 111 Å². The van der Waals surface area contributed by atoms with Crippen molar-refractivity contribution in [3.63, 3.8) is 0 Å². The van der Waals surface area contributed by atoms with Crippen LogP contribution in [0.1, 0.15) is 69.2 Å². The molecule has 4 rings (SSSR count). The van der Waals surface area contributed by atoms with E-state index in [9.17, 15) is 18.0 Å². The van der Waals surface area contributed by atoms with Crippen LogP contribution in [0.3, 0.4) is 0 Å². The number of ether oxygens (including phenoxy) is 1. The fourth-order valence-electron chi connectivity index (χ4n) is 4.04. The van der Waals surface area contributed by atoms with Gasteiger partial charge in [0.05, 0.1) is 5.92 Å². The number of carbonyl (C=O) groups is 1. The molecule has 0 aromatic heterocycles. The summed E-state index contributed by atoms with van der Waals surface area (Å²) in [4.78, 5) is 11.6. The SMILES string of the molecule is C[C]1[C](C)[C](C)[C](C)[C]1C.C[C]1[C](C)[C](C)[C](C)[C]1C.O=C(O[C]1[CH][CH][CH][CH][CH]1)[C]1[CH][CH][CH][CH][CH]1.O=S(=O)(O)C(F)(F)F.[Ru].[Ru]. The largest absolute Gasteiger partial charge is 0.522 e. The van der Waals surface area contributed by atoms with Crippen LogP contribution in [0, 0.1) is 135 Å². The van der Waals surface area contributed by atoms with Crippen molar-refractivity contribution in [2.45, 2.75) is 74.7 Å². The van der Waals surface area contributed by atoms with Crippen LogP contribution in [-0.4, -0.2) is 24.4 Å². The molecule has 0 heterocycles. The summed E-state index contributed by atoms with van der Waals surface area (Å²) in [6, 6.07) is 0. The molecule has 0 aromatic rings. The van der Waals surface area contributed by atoms with Gasteiger partial charge in [-0.2, -0.15) is 21.6 Å². The summed E-state index contributed by atoms with van der Waals surface area (Å²) in [5.41, 5.74) is -5.53. The van der Waals surface area contributed by atoms with Gasteiger partial charge in [0.2, 0.25) is 0 Å². The molecular weight excluding hydrogens is 780 g/mol. The van der Waals surface area contributed by atoms with Gasteiger partial charge in [-0.3, -0.25) is 9.35 Å². The molecule has 4 saturated carbocycles. The Morgan fingerprint density at radius 2 is 0.778 bits per heavy atom. The van der Waals surface area contributed by atoms with E-state index in [0.29, 0.717) is 12.0 Å². The fraction of sp³-hybridized carbons (Fsp3) is 0.324. The summed E-state index contributed by atoms with van der Waals surface area (Å²) in [6.45, 7) is 22.0. The van der Waals surface area contributed by atoms with Gasteiger partial charge in [0.15, 0.2) is 6.10 Å². The Hall–Kier alpha value is 0.417. The Kier molecular flexibility index (Phi) is 22.7. The monoisotopic (exact) mass is 822 g/mol. The van der Waals surface area contributed by atoms with E-state index < -0.39 is 15.6 Å². The number of halogens is 3. The summed E-state index contributed by atoms with van der Waals surface area (Å²) >= 11 is 0. The average molecular weight is 821 g/mol. The maximum absolute atomic E-state index is 11.6. The topological polar surface area (TPSA) is 80.7 Å². The van der Waals surface area contributed by atoms with Gasteiger partial charge in [0.1, 0.15) is 0 Å². The van der Waals surface area contributed by atoms with Crippen molar-refractivity contribution in [1.29, 1.82) is 0 Å². The predicted molar refractivity (Wildman–Crippen MR) is 162 cm³/mol. The Bertz CT molecular complexity index is 804. The van der Waals surface area contributed by atoms with Crippen LogP contribution in [0.15, 0.2) is 0 Å². The summed E-state index contributed by atoms with van der Waals surface area (Å²) in [6.07, 6.45) is 18.5. The van der Waals surface area contributed by atoms with Crippen LogP contribution < -0.4 is 0 Å². The van der Waals surface area contributed by atoms with Gasteiger partial charge in [-0.25, -0.2) is 0 Å². The van der Waals surface area contributed by atoms with Crippen LogP contribution in [0.2, 0.25) is 0 Å². The third kappa shape index (κ3) is 14.8. The molecule has 4 aliphatic carbocycles. The van der Waals surface area contributed by atoms with Gasteiger partial charge >= 0.3 is 21.6 Å². The van der Waals surface area contributed by atoms with E-state index in [2.05, 4.69) is 69.2 Å². The number of carbonyl (C=O) groups excluding carboxylic acids is 1. The Morgan fingerprint density at radius 1 is 0.556 bits per heavy atom. The van der Waals surface area contributed by atoms with Crippen LogP contribution in [0.25, 0.3) is 0 Å². The molecule has 5 nitrogen and oxygen atoms in total. The molecule has 0 atom stereocenters. The van der Waals surface area contributed by atoms with E-state index >= 15 is 0 Å². The van der Waals surface area contributed by atoms with Crippen molar-refractivity contribution >= 4 is 16.1 Å². The van der Waals surface area contributed by atoms with E-state index in [4.69, 9.17) is 17.7 Å². The summed E-state index contributed by atoms with van der Waals surface area (Å²) in [5.74, 6) is 14.9. The predicted octanol–water partition coefficient (Wildman–Crippen LogP) is 8.04. The maximum atomic E-state index is 11.6. The smallest absolute Gasteiger partial charge is 0.454 e. The zero-order valence-electron chi connectivity index (χ0n) is 27.1. The van der Waals surface area contributed by atoms with Gasteiger partial charge in [0.25, 0.3) is 0 Å². The maximum Gasteiger partial charge on any atom is 0.522 e. The first-order chi connectivity index (χ1) is 19.7. The first-order valence-corrected chi connectivity index (χ1v) is 14.9. The van der Waals surface area contributed by atoms with E-state index in [1.807, 2.05) is 38.5 Å². The second-order valence-corrected chi connectivity index (χ2v) is 11.7. The molecule has 0 saturated heterocycles. The molecule has 22 radical (unpaired) electrons. The molecule has 1 N–H and O–H groups in total. The molecule has 4 aliphatic rings. The van der Waals surface area contributed by atoms with E-state index in [0.717, 1.165) is 0 Å². The molecule has 11 heteroatoms. The molecule has 0 bridgehead atoms. The summed E-state index contributed by atoms with van der Waals surface area (Å²) < 4.78 is 62.7. The minimum Gasteiger partial charge on any atom is -0.454 e. The van der Waals surface area contributed by atoms with E-state index in [1.54, 1.807) is 25.7 Å². The second kappa shape index (κ2) is 21.5. The minimum atomic E-state index is -5.84. The normalized spacial score (nSPS) is 23.5. The van der Waals surface area contributed by atoms with Crippen LogP contribution >= 0.6 is 0 Å². The molecule has 0 amide bonds. The number of hydrogen-bond acceptors (Lipinski definition) is 4. The minimum absolute atomic E-state index is 0. The van der Waals surface area contributed by atoms with Crippen molar-refractivity contribution in [3.05, 3.63) is 135 Å². The zero-order valence-corrected chi connectivity index (χ0v) is 31.4. The molecule has 0 spiro atoms. The van der Waals surface area contributed by atoms with Crippen LogP contribution in [0.5, 0.6) is 0 Å². The third-order valence-electron chi connectivity index (χ3n) is 7.88. The fourth-order valence-corrected chi connectivity index (χ4v) is 4.04. The van der Waals surface area contributed by atoms with Crippen molar-refractivity contribution in [3.8, 4) is 0 Å². The summed E-state index contributed by atoms with van der Waals surface area (Å²) in [5, 5.41) is 0. The van der Waals surface area contributed by atoms with Crippen molar-refractivity contribution in [1.82, 2.24) is 0 Å². The first kappa shape index (κ1) is 47.5.